The molecule has 2 N–H and O–H groups in total. The maximum absolute atomic E-state index is 11.8. The lowest BCUT2D eigenvalue weighted by molar-refractivity contribution is -0.149. The first-order valence-electron chi connectivity index (χ1n) is 5.76. The molecule has 0 spiro atoms. The number of rotatable bonds is 5. The normalized spacial score (nSPS) is 19.6. The third-order valence-corrected chi connectivity index (χ3v) is 2.78. The first kappa shape index (κ1) is 14.1. The summed E-state index contributed by atoms with van der Waals surface area (Å²) in [5.74, 6) is -2.17. The number of amides is 3. The molecule has 0 bridgehead atoms. The number of piperazine rings is 1. The molecule has 1 saturated heterocycles. The molecular weight excluding hydrogens is 240 g/mol. The maximum atomic E-state index is 11.8. The average Bonchev–Trinajstić information content (AvgIpc) is 2.28. The Morgan fingerprint density at radius 1 is 1.33 bits per heavy atom. The van der Waals surface area contributed by atoms with Crippen LogP contribution in [0.25, 0.3) is 0 Å². The second kappa shape index (κ2) is 6.13. The van der Waals surface area contributed by atoms with Crippen LogP contribution in [0.15, 0.2) is 0 Å². The summed E-state index contributed by atoms with van der Waals surface area (Å²) in [5, 5.41) is 10.6. The highest BCUT2D eigenvalue weighted by Gasteiger charge is 2.32. The molecule has 1 unspecified atom stereocenters. The Morgan fingerprint density at radius 2 is 1.94 bits per heavy atom. The van der Waals surface area contributed by atoms with E-state index in [1.165, 1.54) is 4.90 Å². The summed E-state index contributed by atoms with van der Waals surface area (Å²) in [4.78, 5) is 45.8. The number of imide groups is 1. The minimum Gasteiger partial charge on any atom is -0.481 e. The van der Waals surface area contributed by atoms with E-state index in [4.69, 9.17) is 5.11 Å². The van der Waals surface area contributed by atoms with Crippen LogP contribution in [0, 0.1) is 0 Å². The van der Waals surface area contributed by atoms with Crippen LogP contribution in [0.4, 0.5) is 0 Å². The third kappa shape index (κ3) is 3.83. The first-order chi connectivity index (χ1) is 8.41. The molecule has 0 saturated carbocycles. The van der Waals surface area contributed by atoms with Crippen molar-refractivity contribution in [3.05, 3.63) is 0 Å². The van der Waals surface area contributed by atoms with Gasteiger partial charge < -0.3 is 10.0 Å². The molecule has 0 radical (unpaired) electrons. The molecule has 1 aliphatic heterocycles. The largest absolute Gasteiger partial charge is 0.481 e. The number of hydrogen-bond acceptors (Lipinski definition) is 4. The number of nitrogens with one attached hydrogen (secondary N) is 1. The summed E-state index contributed by atoms with van der Waals surface area (Å²) < 4.78 is 0. The first-order valence-corrected chi connectivity index (χ1v) is 5.76. The van der Waals surface area contributed by atoms with Crippen LogP contribution in [-0.4, -0.2) is 46.3 Å². The fraction of sp³-hybridized carbons (Fsp3) is 0.636. The van der Waals surface area contributed by atoms with E-state index in [0.29, 0.717) is 12.8 Å². The molecule has 0 aromatic rings. The Kier molecular flexibility index (Phi) is 4.82. The molecule has 0 aromatic carbocycles. The van der Waals surface area contributed by atoms with Crippen molar-refractivity contribution in [2.24, 2.45) is 0 Å². The molecule has 0 aliphatic carbocycles. The van der Waals surface area contributed by atoms with Crippen molar-refractivity contribution in [1.82, 2.24) is 10.2 Å². The van der Waals surface area contributed by atoms with E-state index in [1.54, 1.807) is 6.92 Å². The fourth-order valence-corrected chi connectivity index (χ4v) is 1.71. The van der Waals surface area contributed by atoms with Gasteiger partial charge in [-0.25, -0.2) is 0 Å². The Morgan fingerprint density at radius 3 is 2.56 bits per heavy atom. The molecule has 1 fully saturated rings. The molecule has 1 atom stereocenters. The molecule has 7 heteroatoms. The topological polar surface area (TPSA) is 104 Å². The Labute approximate surface area is 104 Å². The Balaban J connectivity index is 2.42. The second-order valence-corrected chi connectivity index (χ2v) is 4.21. The number of carboxylic acids is 1. The van der Waals surface area contributed by atoms with Gasteiger partial charge in [0, 0.05) is 12.8 Å². The van der Waals surface area contributed by atoms with E-state index < -0.39 is 23.8 Å². The van der Waals surface area contributed by atoms with Gasteiger partial charge in [-0.1, -0.05) is 0 Å². The highest BCUT2D eigenvalue weighted by molar-refractivity contribution is 6.04. The van der Waals surface area contributed by atoms with E-state index in [1.807, 2.05) is 0 Å². The van der Waals surface area contributed by atoms with Gasteiger partial charge in [0.05, 0.1) is 0 Å². The van der Waals surface area contributed by atoms with Crippen LogP contribution in [0.3, 0.4) is 0 Å². The average molecular weight is 256 g/mol. The molecule has 100 valence electrons. The number of hydrogen-bond donors (Lipinski definition) is 2. The molecule has 18 heavy (non-hydrogen) atoms. The molecule has 0 aromatic heterocycles. The van der Waals surface area contributed by atoms with Gasteiger partial charge in [0.25, 0.3) is 0 Å². The molecule has 1 rings (SSSR count). The van der Waals surface area contributed by atoms with Gasteiger partial charge >= 0.3 is 5.97 Å². The van der Waals surface area contributed by atoms with Crippen LogP contribution in [0.1, 0.15) is 32.6 Å². The van der Waals surface area contributed by atoms with Crippen molar-refractivity contribution in [2.45, 2.75) is 38.6 Å². The molecule has 3 amide bonds. The van der Waals surface area contributed by atoms with Crippen molar-refractivity contribution in [3.8, 4) is 0 Å². The van der Waals surface area contributed by atoms with Gasteiger partial charge in [-0.05, 0) is 19.8 Å². The van der Waals surface area contributed by atoms with Crippen molar-refractivity contribution in [1.29, 1.82) is 0 Å². The summed E-state index contributed by atoms with van der Waals surface area (Å²) in [6, 6.07) is -0.658. The fourth-order valence-electron chi connectivity index (χ4n) is 1.71. The van der Waals surface area contributed by atoms with Crippen molar-refractivity contribution >= 4 is 23.7 Å². The molecular formula is C11H16N2O5. The van der Waals surface area contributed by atoms with Crippen LogP contribution >= 0.6 is 0 Å². The number of carbonyl (C=O) groups excluding carboxylic acids is 3. The van der Waals surface area contributed by atoms with Crippen molar-refractivity contribution in [2.75, 3.05) is 6.54 Å². The number of nitrogens with zero attached hydrogens (tertiary/aromatic N) is 1. The molecule has 7 nitrogen and oxygen atoms in total. The van der Waals surface area contributed by atoms with Crippen LogP contribution in [0.5, 0.6) is 0 Å². The van der Waals surface area contributed by atoms with Crippen LogP contribution in [0.2, 0.25) is 0 Å². The molecule has 1 aliphatic rings. The smallest absolute Gasteiger partial charge is 0.303 e. The Bertz CT molecular complexity index is 380. The van der Waals surface area contributed by atoms with Gasteiger partial charge in [-0.3, -0.25) is 24.5 Å². The van der Waals surface area contributed by atoms with Crippen LogP contribution < -0.4 is 5.32 Å². The van der Waals surface area contributed by atoms with E-state index in [0.717, 1.165) is 0 Å². The standard InChI is InChI=1S/C11H16N2O5/c1-7-11(18)12-8(14)6-13(7)9(15)4-2-3-5-10(16)17/h7H,2-6H2,1H3,(H,16,17)(H,12,14,18). The summed E-state index contributed by atoms with van der Waals surface area (Å²) in [7, 11) is 0. The molecule has 1 heterocycles. The third-order valence-electron chi connectivity index (χ3n) is 2.78. The lowest BCUT2D eigenvalue weighted by Crippen LogP contribution is -2.58. The summed E-state index contributed by atoms with van der Waals surface area (Å²) in [6.45, 7) is 1.43. The lowest BCUT2D eigenvalue weighted by atomic mass is 10.1. The number of carboxylic acid groups (broad SMARTS) is 1. The van der Waals surface area contributed by atoms with Crippen LogP contribution in [-0.2, 0) is 19.2 Å². The summed E-state index contributed by atoms with van der Waals surface area (Å²) >= 11 is 0. The van der Waals surface area contributed by atoms with Crippen molar-refractivity contribution in [3.63, 3.8) is 0 Å². The maximum Gasteiger partial charge on any atom is 0.303 e. The minimum absolute atomic E-state index is 0.0161. The van der Waals surface area contributed by atoms with E-state index in [9.17, 15) is 19.2 Å². The van der Waals surface area contributed by atoms with E-state index in [2.05, 4.69) is 5.32 Å². The van der Waals surface area contributed by atoms with Gasteiger partial charge in [0.15, 0.2) is 0 Å². The number of carbonyl (C=O) groups is 4. The van der Waals surface area contributed by atoms with Gasteiger partial charge in [0.2, 0.25) is 17.7 Å². The van der Waals surface area contributed by atoms with Gasteiger partial charge in [0.1, 0.15) is 12.6 Å². The highest BCUT2D eigenvalue weighted by atomic mass is 16.4. The second-order valence-electron chi connectivity index (χ2n) is 4.21. The van der Waals surface area contributed by atoms with Gasteiger partial charge in [-0.2, -0.15) is 0 Å². The monoisotopic (exact) mass is 256 g/mol. The highest BCUT2D eigenvalue weighted by Crippen LogP contribution is 2.10. The quantitative estimate of drug-likeness (QED) is 0.510. The summed E-state index contributed by atoms with van der Waals surface area (Å²) in [6.07, 6.45) is 1.01. The predicted molar refractivity (Wildman–Crippen MR) is 60.4 cm³/mol. The lowest BCUT2D eigenvalue weighted by Gasteiger charge is -2.31. The zero-order chi connectivity index (χ0) is 13.7. The predicted octanol–water partition coefficient (Wildman–Crippen LogP) is -0.495. The van der Waals surface area contributed by atoms with Gasteiger partial charge in [-0.15, -0.1) is 0 Å². The number of aliphatic carboxylic acids is 1. The number of unbranched alkanes of at least 4 members (excludes halogenated alkanes) is 1. The summed E-state index contributed by atoms with van der Waals surface area (Å²) in [5.41, 5.74) is 0. The zero-order valence-corrected chi connectivity index (χ0v) is 10.1. The SMILES string of the molecule is CC1C(=O)NC(=O)CN1C(=O)CCCCC(=O)O. The Hall–Kier alpha value is -1.92. The van der Waals surface area contributed by atoms with E-state index >= 15 is 0 Å². The zero-order valence-electron chi connectivity index (χ0n) is 10.1. The van der Waals surface area contributed by atoms with Crippen molar-refractivity contribution < 1.29 is 24.3 Å². The van der Waals surface area contributed by atoms with E-state index in [-0.39, 0.29) is 25.3 Å². The minimum atomic E-state index is -0.900.